The van der Waals surface area contributed by atoms with E-state index in [2.05, 4.69) is 5.32 Å². The average molecular weight is 509 g/mol. The van der Waals surface area contributed by atoms with Crippen LogP contribution in [-0.4, -0.2) is 43.0 Å². The zero-order valence-electron chi connectivity index (χ0n) is 20.5. The first-order valence-electron chi connectivity index (χ1n) is 11.5. The van der Waals surface area contributed by atoms with Gasteiger partial charge in [-0.1, -0.05) is 49.2 Å². The normalized spacial score (nSPS) is 12.6. The lowest BCUT2D eigenvalue weighted by atomic mass is 10.0. The number of halogens is 2. The Balaban J connectivity index is 2.30. The van der Waals surface area contributed by atoms with Crippen LogP contribution >= 0.6 is 23.2 Å². The van der Waals surface area contributed by atoms with Gasteiger partial charge in [-0.3, -0.25) is 9.59 Å². The third kappa shape index (κ3) is 7.28. The lowest BCUT2D eigenvalue weighted by molar-refractivity contribution is -0.141. The molecule has 0 aromatic heterocycles. The van der Waals surface area contributed by atoms with Crippen LogP contribution in [0.5, 0.6) is 11.5 Å². The largest absolute Gasteiger partial charge is 0.493 e. The molecule has 0 radical (unpaired) electrons. The van der Waals surface area contributed by atoms with E-state index in [1.807, 2.05) is 39.0 Å². The number of hydrogen-bond acceptors (Lipinski definition) is 4. The van der Waals surface area contributed by atoms with Crippen molar-refractivity contribution in [3.05, 3.63) is 57.6 Å². The molecule has 186 valence electrons. The molecule has 0 spiro atoms. The van der Waals surface area contributed by atoms with Gasteiger partial charge in [0.15, 0.2) is 11.5 Å². The summed E-state index contributed by atoms with van der Waals surface area (Å²) in [4.78, 5) is 28.2. The van der Waals surface area contributed by atoms with Crippen LogP contribution < -0.4 is 14.8 Å². The predicted octanol–water partition coefficient (Wildman–Crippen LogP) is 5.67. The van der Waals surface area contributed by atoms with Crippen LogP contribution in [0.4, 0.5) is 0 Å². The first kappa shape index (κ1) is 27.8. The summed E-state index contributed by atoms with van der Waals surface area (Å²) in [5, 5.41) is 3.92. The fourth-order valence-electron chi connectivity index (χ4n) is 3.65. The van der Waals surface area contributed by atoms with Crippen LogP contribution in [-0.2, 0) is 22.6 Å². The summed E-state index contributed by atoms with van der Waals surface area (Å²) in [6.45, 7) is 5.99. The van der Waals surface area contributed by atoms with Crippen molar-refractivity contribution >= 4 is 35.0 Å². The Morgan fingerprint density at radius 3 is 2.21 bits per heavy atom. The number of ether oxygens (including phenoxy) is 2. The molecule has 2 amide bonds. The molecule has 0 aliphatic heterocycles. The highest BCUT2D eigenvalue weighted by atomic mass is 35.5. The van der Waals surface area contributed by atoms with Gasteiger partial charge >= 0.3 is 0 Å². The van der Waals surface area contributed by atoms with Crippen LogP contribution in [0.1, 0.15) is 51.2 Å². The van der Waals surface area contributed by atoms with Crippen molar-refractivity contribution in [1.82, 2.24) is 10.2 Å². The van der Waals surface area contributed by atoms with E-state index in [0.29, 0.717) is 39.9 Å². The molecule has 8 heteroatoms. The molecule has 2 rings (SSSR count). The van der Waals surface area contributed by atoms with Crippen LogP contribution in [0.25, 0.3) is 0 Å². The maximum atomic E-state index is 13.5. The predicted molar refractivity (Wildman–Crippen MR) is 137 cm³/mol. The van der Waals surface area contributed by atoms with E-state index in [0.717, 1.165) is 12.0 Å². The first-order chi connectivity index (χ1) is 16.2. The minimum atomic E-state index is -0.640. The number of carbonyl (C=O) groups excluding carboxylic acids is 2. The number of hydrogen-bond donors (Lipinski definition) is 1. The van der Waals surface area contributed by atoms with E-state index in [1.54, 1.807) is 37.3 Å². The molecule has 0 aliphatic rings. The summed E-state index contributed by atoms with van der Waals surface area (Å²) in [5.41, 5.74) is 1.55. The smallest absolute Gasteiger partial charge is 0.243 e. The van der Waals surface area contributed by atoms with Gasteiger partial charge < -0.3 is 19.7 Å². The number of rotatable bonds is 12. The number of nitrogens with zero attached hydrogens (tertiary/aromatic N) is 1. The summed E-state index contributed by atoms with van der Waals surface area (Å²) in [6, 6.07) is 10.2. The molecule has 34 heavy (non-hydrogen) atoms. The molecule has 2 aromatic rings. The summed E-state index contributed by atoms with van der Waals surface area (Å²) >= 11 is 12.8. The van der Waals surface area contributed by atoms with Crippen LogP contribution in [0.2, 0.25) is 10.0 Å². The van der Waals surface area contributed by atoms with Gasteiger partial charge in [0.25, 0.3) is 0 Å². The molecule has 0 saturated carbocycles. The fraction of sp³-hybridized carbons (Fsp3) is 0.462. The molecule has 0 heterocycles. The fourth-order valence-corrected chi connectivity index (χ4v) is 4.16. The molecule has 0 unspecified atom stereocenters. The van der Waals surface area contributed by atoms with Crippen molar-refractivity contribution in [2.24, 2.45) is 0 Å². The molecule has 2 aromatic carbocycles. The zero-order chi connectivity index (χ0) is 25.3. The van der Waals surface area contributed by atoms with Crippen LogP contribution in [0.3, 0.4) is 0 Å². The average Bonchev–Trinajstić information content (AvgIpc) is 2.83. The molecule has 0 bridgehead atoms. The minimum Gasteiger partial charge on any atom is -0.493 e. The molecule has 0 fully saturated rings. The molecule has 6 nitrogen and oxygen atoms in total. The standard InChI is InChI=1S/C26H34Cl2N2O4/c1-6-17(3)29-26(32)22(7-2)30(16-19-20(27)9-8-10-21(19)28)25(31)14-12-18-11-13-23(33-4)24(15-18)34-5/h8-11,13,15,17,22H,6-7,12,14,16H2,1-5H3,(H,29,32)/t17-,22-/m0/s1. The highest BCUT2D eigenvalue weighted by molar-refractivity contribution is 6.36. The Morgan fingerprint density at radius 2 is 1.65 bits per heavy atom. The SMILES string of the molecule is CC[C@H](C)NC(=O)[C@H](CC)N(Cc1c(Cl)cccc1Cl)C(=O)CCc1ccc(OC)c(OC)c1. The third-order valence-corrected chi connectivity index (χ3v) is 6.56. The van der Waals surface area contributed by atoms with Crippen molar-refractivity contribution in [3.63, 3.8) is 0 Å². The van der Waals surface area contributed by atoms with Crippen molar-refractivity contribution < 1.29 is 19.1 Å². The Hall–Kier alpha value is -2.44. The second kappa shape index (κ2) is 13.4. The van der Waals surface area contributed by atoms with Gasteiger partial charge in [0.2, 0.25) is 11.8 Å². The lowest BCUT2D eigenvalue weighted by Gasteiger charge is -2.32. The molecule has 2 atom stereocenters. The van der Waals surface area contributed by atoms with E-state index < -0.39 is 6.04 Å². The molecule has 0 aliphatic carbocycles. The van der Waals surface area contributed by atoms with Gasteiger partial charge in [0, 0.05) is 34.6 Å². The highest BCUT2D eigenvalue weighted by Crippen LogP contribution is 2.29. The lowest BCUT2D eigenvalue weighted by Crippen LogP contribution is -2.50. The summed E-state index contributed by atoms with van der Waals surface area (Å²) in [5.74, 6) is 0.892. The van der Waals surface area contributed by atoms with Gasteiger partial charge in [-0.2, -0.15) is 0 Å². The van der Waals surface area contributed by atoms with Gasteiger partial charge in [-0.25, -0.2) is 0 Å². The van der Waals surface area contributed by atoms with Crippen molar-refractivity contribution in [1.29, 1.82) is 0 Å². The first-order valence-corrected chi connectivity index (χ1v) is 12.2. The number of aryl methyl sites for hydroxylation is 1. The number of carbonyl (C=O) groups is 2. The quantitative estimate of drug-likeness (QED) is 0.401. The highest BCUT2D eigenvalue weighted by Gasteiger charge is 2.30. The minimum absolute atomic E-state index is 0.00849. The Bertz CT molecular complexity index is 963. The number of nitrogens with one attached hydrogen (secondary N) is 1. The van der Waals surface area contributed by atoms with E-state index in [1.165, 1.54) is 0 Å². The van der Waals surface area contributed by atoms with Gasteiger partial charge in [0.05, 0.1) is 14.2 Å². The second-order valence-corrected chi connectivity index (χ2v) is 8.97. The number of benzene rings is 2. The van der Waals surface area contributed by atoms with E-state index >= 15 is 0 Å². The maximum absolute atomic E-state index is 13.5. The summed E-state index contributed by atoms with van der Waals surface area (Å²) in [7, 11) is 3.15. The Kier molecular flexibility index (Phi) is 11.0. The third-order valence-electron chi connectivity index (χ3n) is 5.85. The molecule has 0 saturated heterocycles. The topological polar surface area (TPSA) is 67.9 Å². The van der Waals surface area contributed by atoms with E-state index in [-0.39, 0.29) is 30.8 Å². The second-order valence-electron chi connectivity index (χ2n) is 8.15. The van der Waals surface area contributed by atoms with Crippen molar-refractivity contribution in [3.8, 4) is 11.5 Å². The van der Waals surface area contributed by atoms with Crippen LogP contribution in [0.15, 0.2) is 36.4 Å². The molecule has 1 N–H and O–H groups in total. The number of methoxy groups -OCH3 is 2. The molecular formula is C26H34Cl2N2O4. The Morgan fingerprint density at radius 1 is 1.00 bits per heavy atom. The van der Waals surface area contributed by atoms with E-state index in [9.17, 15) is 9.59 Å². The van der Waals surface area contributed by atoms with Gasteiger partial charge in [0.1, 0.15) is 6.04 Å². The van der Waals surface area contributed by atoms with E-state index in [4.69, 9.17) is 32.7 Å². The molecular weight excluding hydrogens is 475 g/mol. The summed E-state index contributed by atoms with van der Waals surface area (Å²) < 4.78 is 10.7. The Labute approximate surface area is 212 Å². The number of amides is 2. The van der Waals surface area contributed by atoms with Gasteiger partial charge in [-0.15, -0.1) is 0 Å². The maximum Gasteiger partial charge on any atom is 0.243 e. The summed E-state index contributed by atoms with van der Waals surface area (Å²) in [6.07, 6.45) is 1.96. The van der Waals surface area contributed by atoms with Crippen molar-refractivity contribution in [2.75, 3.05) is 14.2 Å². The monoisotopic (exact) mass is 508 g/mol. The zero-order valence-corrected chi connectivity index (χ0v) is 22.0. The van der Waals surface area contributed by atoms with Crippen LogP contribution in [0, 0.1) is 0 Å². The van der Waals surface area contributed by atoms with Crippen molar-refractivity contribution in [2.45, 2.75) is 65.1 Å². The van der Waals surface area contributed by atoms with Gasteiger partial charge in [-0.05, 0) is 56.0 Å².